The van der Waals surface area contributed by atoms with Gasteiger partial charge >= 0.3 is 0 Å². The lowest BCUT2D eigenvalue weighted by Gasteiger charge is -2.17. The number of hydrogen-bond acceptors (Lipinski definition) is 4. The molecule has 0 aliphatic heterocycles. The van der Waals surface area contributed by atoms with Crippen LogP contribution in [0.3, 0.4) is 0 Å². The minimum atomic E-state index is -0.313. The molecule has 3 aromatic rings. The zero-order chi connectivity index (χ0) is 20.3. The number of nitrogens with zero attached hydrogens (tertiary/aromatic N) is 2. The predicted molar refractivity (Wildman–Crippen MR) is 110 cm³/mol. The molecule has 28 heavy (non-hydrogen) atoms. The molecule has 0 aliphatic rings. The van der Waals surface area contributed by atoms with Gasteiger partial charge in [0, 0.05) is 5.39 Å². The van der Waals surface area contributed by atoms with E-state index in [0.29, 0.717) is 17.4 Å². The van der Waals surface area contributed by atoms with Crippen molar-refractivity contribution in [1.29, 1.82) is 0 Å². The molecule has 1 atom stereocenters. The molecule has 6 heteroatoms. The Bertz CT molecular complexity index is 1040. The molecule has 0 spiro atoms. The smallest absolute Gasteiger partial charge is 0.274 e. The first-order valence-electron chi connectivity index (χ1n) is 9.47. The summed E-state index contributed by atoms with van der Waals surface area (Å²) < 4.78 is 6.82. The van der Waals surface area contributed by atoms with E-state index in [1.54, 1.807) is 24.3 Å². The molecule has 0 saturated carbocycles. The Kier molecular flexibility index (Phi) is 5.78. The quantitative estimate of drug-likeness (QED) is 0.706. The van der Waals surface area contributed by atoms with Crippen molar-refractivity contribution < 1.29 is 9.53 Å². The second-order valence-corrected chi connectivity index (χ2v) is 6.93. The van der Waals surface area contributed by atoms with Gasteiger partial charge in [0.2, 0.25) is 0 Å². The fraction of sp³-hybridized carbons (Fsp3) is 0.318. The summed E-state index contributed by atoms with van der Waals surface area (Å²) in [7, 11) is 0. The second-order valence-electron chi connectivity index (χ2n) is 6.93. The maximum atomic E-state index is 13.0. The fourth-order valence-electron chi connectivity index (χ4n) is 3.09. The zero-order valence-corrected chi connectivity index (χ0v) is 16.6. The van der Waals surface area contributed by atoms with Crippen LogP contribution in [-0.2, 0) is 0 Å². The van der Waals surface area contributed by atoms with Crippen LogP contribution in [0, 0.1) is 0 Å². The average Bonchev–Trinajstić information content (AvgIpc) is 2.69. The van der Waals surface area contributed by atoms with E-state index in [0.717, 1.165) is 11.3 Å². The van der Waals surface area contributed by atoms with E-state index in [9.17, 15) is 9.59 Å². The first kappa shape index (κ1) is 19.6. The van der Waals surface area contributed by atoms with E-state index in [4.69, 9.17) is 4.74 Å². The van der Waals surface area contributed by atoms with Gasteiger partial charge in [0.1, 0.15) is 5.75 Å². The Morgan fingerprint density at radius 2 is 1.71 bits per heavy atom. The van der Waals surface area contributed by atoms with Gasteiger partial charge in [-0.2, -0.15) is 5.10 Å². The van der Waals surface area contributed by atoms with Gasteiger partial charge in [-0.3, -0.25) is 9.59 Å². The van der Waals surface area contributed by atoms with Crippen molar-refractivity contribution in [2.45, 2.75) is 39.8 Å². The molecule has 0 bridgehead atoms. The Hall–Kier alpha value is -3.15. The highest BCUT2D eigenvalue weighted by atomic mass is 16.5. The van der Waals surface area contributed by atoms with Gasteiger partial charge in [0.05, 0.1) is 24.1 Å². The standard InChI is InChI=1S/C22H25N3O3/c1-5-28-17-12-10-16(11-13-17)15(4)23-21(26)20-18-8-6-7-9-19(18)22(27)25(24-20)14(2)3/h6-15H,5H2,1-4H3,(H,23,26). The van der Waals surface area contributed by atoms with Gasteiger partial charge in [0.15, 0.2) is 5.69 Å². The molecular weight excluding hydrogens is 354 g/mol. The van der Waals surface area contributed by atoms with Gasteiger partial charge in [0.25, 0.3) is 11.5 Å². The van der Waals surface area contributed by atoms with Crippen LogP contribution < -0.4 is 15.6 Å². The number of ether oxygens (including phenoxy) is 1. The van der Waals surface area contributed by atoms with Crippen molar-refractivity contribution in [3.8, 4) is 5.75 Å². The third-order valence-corrected chi connectivity index (χ3v) is 4.57. The number of benzene rings is 2. The monoisotopic (exact) mass is 379 g/mol. The highest BCUT2D eigenvalue weighted by Crippen LogP contribution is 2.19. The molecule has 1 aromatic heterocycles. The normalized spacial score (nSPS) is 12.2. The Labute approximate surface area is 164 Å². The van der Waals surface area contributed by atoms with Gasteiger partial charge < -0.3 is 10.1 Å². The molecule has 146 valence electrons. The molecule has 2 aromatic carbocycles. The van der Waals surface area contributed by atoms with Crippen molar-refractivity contribution in [3.05, 3.63) is 70.1 Å². The number of carbonyl (C=O) groups is 1. The number of nitrogens with one attached hydrogen (secondary N) is 1. The van der Waals surface area contributed by atoms with E-state index < -0.39 is 0 Å². The largest absolute Gasteiger partial charge is 0.494 e. The summed E-state index contributed by atoms with van der Waals surface area (Å²) in [5.41, 5.74) is 1.02. The first-order chi connectivity index (χ1) is 13.4. The third-order valence-electron chi connectivity index (χ3n) is 4.57. The van der Waals surface area contributed by atoms with Gasteiger partial charge in [-0.15, -0.1) is 0 Å². The minimum Gasteiger partial charge on any atom is -0.494 e. The maximum Gasteiger partial charge on any atom is 0.274 e. The van der Waals surface area contributed by atoms with E-state index in [1.165, 1.54) is 4.68 Å². The molecule has 0 radical (unpaired) electrons. The van der Waals surface area contributed by atoms with Crippen LogP contribution in [0.15, 0.2) is 53.3 Å². The molecule has 3 rings (SSSR count). The first-order valence-corrected chi connectivity index (χ1v) is 9.47. The topological polar surface area (TPSA) is 73.2 Å². The van der Waals surface area contributed by atoms with Crippen LogP contribution in [0.1, 0.15) is 55.8 Å². The maximum absolute atomic E-state index is 13.0. The summed E-state index contributed by atoms with van der Waals surface area (Å²) in [5.74, 6) is 0.480. The van der Waals surface area contributed by atoms with E-state index in [-0.39, 0.29) is 29.2 Å². The number of carbonyl (C=O) groups excluding carboxylic acids is 1. The fourth-order valence-corrected chi connectivity index (χ4v) is 3.09. The summed E-state index contributed by atoms with van der Waals surface area (Å²) in [6, 6.07) is 14.3. The Morgan fingerprint density at radius 1 is 1.07 bits per heavy atom. The van der Waals surface area contributed by atoms with Crippen LogP contribution in [0.5, 0.6) is 5.75 Å². The number of rotatable bonds is 6. The molecule has 1 unspecified atom stereocenters. The molecule has 0 aliphatic carbocycles. The third kappa shape index (κ3) is 3.91. The summed E-state index contributed by atoms with van der Waals surface area (Å²) >= 11 is 0. The summed E-state index contributed by atoms with van der Waals surface area (Å²) in [4.78, 5) is 25.6. The Morgan fingerprint density at radius 3 is 2.32 bits per heavy atom. The number of aromatic nitrogens is 2. The van der Waals surface area contributed by atoms with Crippen molar-refractivity contribution >= 4 is 16.7 Å². The van der Waals surface area contributed by atoms with Crippen LogP contribution in [0.25, 0.3) is 10.8 Å². The molecule has 6 nitrogen and oxygen atoms in total. The van der Waals surface area contributed by atoms with Crippen LogP contribution in [0.4, 0.5) is 0 Å². The molecular formula is C22H25N3O3. The van der Waals surface area contributed by atoms with Gasteiger partial charge in [-0.25, -0.2) is 4.68 Å². The highest BCUT2D eigenvalue weighted by molar-refractivity contribution is 6.04. The van der Waals surface area contributed by atoms with Gasteiger partial charge in [-0.1, -0.05) is 30.3 Å². The van der Waals surface area contributed by atoms with Crippen LogP contribution >= 0.6 is 0 Å². The molecule has 1 amide bonds. The van der Waals surface area contributed by atoms with Crippen molar-refractivity contribution in [1.82, 2.24) is 15.1 Å². The van der Waals surface area contributed by atoms with E-state index >= 15 is 0 Å². The lowest BCUT2D eigenvalue weighted by Crippen LogP contribution is -2.32. The number of amides is 1. The van der Waals surface area contributed by atoms with E-state index in [2.05, 4.69) is 10.4 Å². The molecule has 0 saturated heterocycles. The second kappa shape index (κ2) is 8.25. The molecule has 1 heterocycles. The van der Waals surface area contributed by atoms with Gasteiger partial charge in [-0.05, 0) is 51.5 Å². The van der Waals surface area contributed by atoms with Crippen molar-refractivity contribution in [2.75, 3.05) is 6.61 Å². The molecule has 0 fully saturated rings. The van der Waals surface area contributed by atoms with E-state index in [1.807, 2.05) is 52.0 Å². The predicted octanol–water partition coefficient (Wildman–Crippen LogP) is 3.87. The summed E-state index contributed by atoms with van der Waals surface area (Å²) in [6.07, 6.45) is 0. The summed E-state index contributed by atoms with van der Waals surface area (Å²) in [5, 5.41) is 8.39. The summed E-state index contributed by atoms with van der Waals surface area (Å²) in [6.45, 7) is 8.19. The lowest BCUT2D eigenvalue weighted by atomic mass is 10.1. The van der Waals surface area contributed by atoms with Crippen LogP contribution in [0.2, 0.25) is 0 Å². The average molecular weight is 379 g/mol. The highest BCUT2D eigenvalue weighted by Gasteiger charge is 2.19. The zero-order valence-electron chi connectivity index (χ0n) is 16.6. The van der Waals surface area contributed by atoms with Crippen LogP contribution in [-0.4, -0.2) is 22.3 Å². The lowest BCUT2D eigenvalue weighted by molar-refractivity contribution is 0.0934. The SMILES string of the molecule is CCOc1ccc(C(C)NC(=O)c2nn(C(C)C)c(=O)c3ccccc23)cc1. The van der Waals surface area contributed by atoms with Crippen molar-refractivity contribution in [3.63, 3.8) is 0 Å². The number of fused-ring (bicyclic) bond motifs is 1. The number of hydrogen-bond donors (Lipinski definition) is 1. The van der Waals surface area contributed by atoms with Crippen molar-refractivity contribution in [2.24, 2.45) is 0 Å². The minimum absolute atomic E-state index is 0.146. The Balaban J connectivity index is 1.92. The molecule has 1 N–H and O–H groups in total.